The fraction of sp³-hybridized carbons (Fsp3) is 0.292. The quantitative estimate of drug-likeness (QED) is 0.540. The van der Waals surface area contributed by atoms with Crippen LogP contribution < -0.4 is 19.8 Å². The summed E-state index contributed by atoms with van der Waals surface area (Å²) in [7, 11) is 3.98. The lowest BCUT2D eigenvalue weighted by atomic mass is 10.0. The minimum atomic E-state index is -0.546. The topological polar surface area (TPSA) is 63.9 Å². The van der Waals surface area contributed by atoms with Gasteiger partial charge in [0.25, 0.3) is 5.56 Å². The van der Waals surface area contributed by atoms with Gasteiger partial charge in [0.1, 0.15) is 6.04 Å². The average Bonchev–Trinajstić information content (AvgIpc) is 3.36. The summed E-state index contributed by atoms with van der Waals surface area (Å²) in [6.45, 7) is 5.42. The van der Waals surface area contributed by atoms with Crippen LogP contribution in [0.15, 0.2) is 62.8 Å². The molecule has 1 aliphatic rings. The van der Waals surface area contributed by atoms with E-state index in [9.17, 15) is 9.59 Å². The van der Waals surface area contributed by atoms with E-state index in [-0.39, 0.29) is 11.7 Å². The van der Waals surface area contributed by atoms with E-state index < -0.39 is 12.0 Å². The molecule has 8 heteroatoms. The fourth-order valence-corrected chi connectivity index (χ4v) is 5.47. The molecule has 0 bridgehead atoms. The van der Waals surface area contributed by atoms with Crippen LogP contribution in [0.25, 0.3) is 6.08 Å². The largest absolute Gasteiger partial charge is 0.459 e. The van der Waals surface area contributed by atoms with E-state index in [2.05, 4.69) is 4.99 Å². The van der Waals surface area contributed by atoms with Gasteiger partial charge >= 0.3 is 5.97 Å². The van der Waals surface area contributed by atoms with Gasteiger partial charge in [-0.2, -0.15) is 0 Å². The van der Waals surface area contributed by atoms with Gasteiger partial charge in [0.2, 0.25) is 0 Å². The van der Waals surface area contributed by atoms with Crippen molar-refractivity contribution in [3.63, 3.8) is 0 Å². The Hall–Kier alpha value is -2.97. The number of ether oxygens (including phenoxy) is 1. The molecule has 0 amide bonds. The second-order valence-corrected chi connectivity index (χ2v) is 10.0. The summed E-state index contributed by atoms with van der Waals surface area (Å²) in [6.07, 6.45) is 1.61. The zero-order valence-corrected chi connectivity index (χ0v) is 20.3. The van der Waals surface area contributed by atoms with Gasteiger partial charge in [-0.05, 0) is 56.0 Å². The number of thiazole rings is 1. The van der Waals surface area contributed by atoms with Crippen molar-refractivity contribution in [2.24, 2.45) is 4.99 Å². The van der Waals surface area contributed by atoms with Crippen LogP contribution in [-0.2, 0) is 9.53 Å². The molecule has 1 unspecified atom stereocenters. The summed E-state index contributed by atoms with van der Waals surface area (Å²) in [5.41, 5.74) is 2.85. The van der Waals surface area contributed by atoms with Gasteiger partial charge in [0.15, 0.2) is 4.80 Å². The predicted octanol–water partition coefficient (Wildman–Crippen LogP) is 3.31. The standard InChI is InChI=1S/C24H25N3O3S2/c1-14(2)30-23(29)20-15(3)25-24-27(21(20)18-7-6-12-31-18)22(28)19(32-24)13-16-8-10-17(11-9-16)26(4)5/h6-14,21H,1-5H3/b19-13+. The van der Waals surface area contributed by atoms with Crippen molar-refractivity contribution >= 4 is 40.4 Å². The van der Waals surface area contributed by atoms with E-state index in [1.807, 2.05) is 80.7 Å². The van der Waals surface area contributed by atoms with Crippen molar-refractivity contribution in [1.29, 1.82) is 0 Å². The Morgan fingerprint density at radius 3 is 2.53 bits per heavy atom. The van der Waals surface area contributed by atoms with Crippen molar-refractivity contribution in [3.8, 4) is 0 Å². The molecule has 1 aliphatic heterocycles. The van der Waals surface area contributed by atoms with E-state index in [1.54, 1.807) is 11.5 Å². The molecule has 0 radical (unpaired) electrons. The third-order valence-electron chi connectivity index (χ3n) is 5.10. The number of benzene rings is 1. The Labute approximate surface area is 194 Å². The highest BCUT2D eigenvalue weighted by Crippen LogP contribution is 2.33. The molecule has 0 N–H and O–H groups in total. The van der Waals surface area contributed by atoms with E-state index in [4.69, 9.17) is 4.74 Å². The first-order valence-corrected chi connectivity index (χ1v) is 12.0. The molecule has 4 rings (SSSR count). The molecule has 166 valence electrons. The Kier molecular flexibility index (Phi) is 6.17. The molecule has 0 saturated carbocycles. The van der Waals surface area contributed by atoms with Crippen LogP contribution >= 0.6 is 22.7 Å². The summed E-state index contributed by atoms with van der Waals surface area (Å²) in [5, 5.41) is 1.94. The van der Waals surface area contributed by atoms with Crippen LogP contribution in [-0.4, -0.2) is 30.7 Å². The first-order chi connectivity index (χ1) is 15.3. The Bertz CT molecular complexity index is 1340. The first kappa shape index (κ1) is 22.2. The van der Waals surface area contributed by atoms with Crippen LogP contribution in [0.3, 0.4) is 0 Å². The van der Waals surface area contributed by atoms with Crippen molar-refractivity contribution in [2.45, 2.75) is 32.9 Å². The second kappa shape index (κ2) is 8.88. The van der Waals surface area contributed by atoms with E-state index in [0.29, 0.717) is 20.6 Å². The third-order valence-corrected chi connectivity index (χ3v) is 7.01. The van der Waals surface area contributed by atoms with E-state index in [1.165, 1.54) is 22.7 Å². The number of rotatable bonds is 5. The van der Waals surface area contributed by atoms with Gasteiger partial charge in [-0.15, -0.1) is 11.3 Å². The summed E-state index contributed by atoms with van der Waals surface area (Å²) in [4.78, 5) is 34.6. The monoisotopic (exact) mass is 467 g/mol. The number of carbonyl (C=O) groups excluding carboxylic acids is 1. The maximum Gasteiger partial charge on any atom is 0.338 e. The third kappa shape index (κ3) is 4.20. The molecular weight excluding hydrogens is 442 g/mol. The number of hydrogen-bond acceptors (Lipinski definition) is 7. The molecule has 0 saturated heterocycles. The number of esters is 1. The van der Waals surface area contributed by atoms with Crippen LogP contribution in [0.2, 0.25) is 0 Å². The number of fused-ring (bicyclic) bond motifs is 1. The molecule has 1 aromatic carbocycles. The SMILES string of the molecule is CC1=C(C(=O)OC(C)C)C(c2cccs2)n2c(s/c(=C/c3ccc(N(C)C)cc3)c2=O)=N1. The van der Waals surface area contributed by atoms with E-state index >= 15 is 0 Å². The van der Waals surface area contributed by atoms with Crippen LogP contribution in [0.5, 0.6) is 0 Å². The summed E-state index contributed by atoms with van der Waals surface area (Å²) in [5.74, 6) is -0.437. The number of allylic oxidation sites excluding steroid dienone is 1. The molecule has 3 aromatic rings. The van der Waals surface area contributed by atoms with Crippen LogP contribution in [0, 0.1) is 0 Å². The average molecular weight is 468 g/mol. The van der Waals surface area contributed by atoms with Crippen LogP contribution in [0.1, 0.15) is 37.3 Å². The second-order valence-electron chi connectivity index (χ2n) is 8.04. The van der Waals surface area contributed by atoms with Gasteiger partial charge < -0.3 is 9.64 Å². The lowest BCUT2D eigenvalue weighted by molar-refractivity contribution is -0.143. The van der Waals surface area contributed by atoms with Crippen molar-refractivity contribution < 1.29 is 9.53 Å². The summed E-state index contributed by atoms with van der Waals surface area (Å²) in [6, 6.07) is 11.3. The molecular formula is C24H25N3O3S2. The smallest absolute Gasteiger partial charge is 0.338 e. The highest BCUT2D eigenvalue weighted by atomic mass is 32.1. The molecule has 3 heterocycles. The van der Waals surface area contributed by atoms with Crippen molar-refractivity contribution in [2.75, 3.05) is 19.0 Å². The molecule has 0 aliphatic carbocycles. The number of thiophene rings is 1. The molecule has 0 spiro atoms. The van der Waals surface area contributed by atoms with Gasteiger partial charge in [0, 0.05) is 24.7 Å². The Balaban J connectivity index is 1.86. The van der Waals surface area contributed by atoms with Gasteiger partial charge in [-0.3, -0.25) is 9.36 Å². The molecule has 1 atom stereocenters. The minimum absolute atomic E-state index is 0.161. The number of anilines is 1. The fourth-order valence-electron chi connectivity index (χ4n) is 3.60. The van der Waals surface area contributed by atoms with Crippen molar-refractivity contribution in [1.82, 2.24) is 4.57 Å². The van der Waals surface area contributed by atoms with Crippen LogP contribution in [0.4, 0.5) is 5.69 Å². The van der Waals surface area contributed by atoms with E-state index in [0.717, 1.165) is 16.1 Å². The van der Waals surface area contributed by atoms with Gasteiger partial charge in [-0.25, -0.2) is 9.79 Å². The maximum absolute atomic E-state index is 13.5. The molecule has 2 aromatic heterocycles. The number of carbonyl (C=O) groups is 1. The highest BCUT2D eigenvalue weighted by molar-refractivity contribution is 7.10. The number of aromatic nitrogens is 1. The Morgan fingerprint density at radius 1 is 1.22 bits per heavy atom. The normalized spacial score (nSPS) is 16.2. The van der Waals surface area contributed by atoms with Crippen molar-refractivity contribution in [3.05, 3.63) is 83.2 Å². The highest BCUT2D eigenvalue weighted by Gasteiger charge is 2.34. The zero-order valence-electron chi connectivity index (χ0n) is 18.7. The first-order valence-electron chi connectivity index (χ1n) is 10.3. The molecule has 6 nitrogen and oxygen atoms in total. The number of hydrogen-bond donors (Lipinski definition) is 0. The minimum Gasteiger partial charge on any atom is -0.459 e. The molecule has 0 fully saturated rings. The lowest BCUT2D eigenvalue weighted by Crippen LogP contribution is -2.39. The number of nitrogens with zero attached hydrogens (tertiary/aromatic N) is 3. The molecule has 32 heavy (non-hydrogen) atoms. The maximum atomic E-state index is 13.5. The predicted molar refractivity (Wildman–Crippen MR) is 130 cm³/mol. The van der Waals surface area contributed by atoms with Gasteiger partial charge in [-0.1, -0.05) is 29.5 Å². The van der Waals surface area contributed by atoms with Gasteiger partial charge in [0.05, 0.1) is 21.9 Å². The zero-order chi connectivity index (χ0) is 23.0. The summed E-state index contributed by atoms with van der Waals surface area (Å²) < 4.78 is 7.70. The summed E-state index contributed by atoms with van der Waals surface area (Å²) >= 11 is 2.84. The Morgan fingerprint density at radius 2 is 1.94 bits per heavy atom. The lowest BCUT2D eigenvalue weighted by Gasteiger charge is -2.24.